The molecule has 2 aliphatic rings. The van der Waals surface area contributed by atoms with Crippen LogP contribution in [-0.4, -0.2) is 41.7 Å². The summed E-state index contributed by atoms with van der Waals surface area (Å²) in [5.74, 6) is 1.22. The highest BCUT2D eigenvalue weighted by Gasteiger charge is 2.47. The zero-order valence-corrected chi connectivity index (χ0v) is 15.7. The van der Waals surface area contributed by atoms with Gasteiger partial charge in [-0.15, -0.1) is 0 Å². The molecule has 1 aliphatic carbocycles. The molecule has 2 aromatic rings. The summed E-state index contributed by atoms with van der Waals surface area (Å²) < 4.78 is 5.26. The van der Waals surface area contributed by atoms with Gasteiger partial charge in [0, 0.05) is 18.8 Å². The van der Waals surface area contributed by atoms with E-state index in [0.29, 0.717) is 13.1 Å². The lowest BCUT2D eigenvalue weighted by atomic mass is 9.90. The number of methoxy groups -OCH3 is 1. The molecule has 0 unspecified atom stereocenters. The van der Waals surface area contributed by atoms with Crippen LogP contribution in [0.3, 0.4) is 0 Å². The number of rotatable bonds is 4. The monoisotopic (exact) mass is 366 g/mol. The molecule has 1 saturated heterocycles. The molecule has 0 radical (unpaired) electrons. The summed E-state index contributed by atoms with van der Waals surface area (Å²) in [6.45, 7) is 1.93. The fraction of sp³-hybridized carbons (Fsp3) is 0.409. The third kappa shape index (κ3) is 3.52. The molecule has 5 nitrogen and oxygen atoms in total. The number of hydrogen-bond acceptors (Lipinski definition) is 4. The summed E-state index contributed by atoms with van der Waals surface area (Å²) in [6, 6.07) is 15.1. The molecule has 27 heavy (non-hydrogen) atoms. The molecule has 1 amide bonds. The first-order valence-electron chi connectivity index (χ1n) is 9.57. The van der Waals surface area contributed by atoms with Crippen LogP contribution in [0.5, 0.6) is 11.5 Å². The van der Waals surface area contributed by atoms with Gasteiger partial charge in [0.2, 0.25) is 5.91 Å². The summed E-state index contributed by atoms with van der Waals surface area (Å²) in [5, 5.41) is 9.73. The SMILES string of the molecule is COc1ccc(N2C(=O)CN(Cc3cccc(O)c3)CC23CCCC3)cc1. The van der Waals surface area contributed by atoms with Crippen LogP contribution in [0.25, 0.3) is 0 Å². The quantitative estimate of drug-likeness (QED) is 0.899. The molecule has 5 heteroatoms. The Hall–Kier alpha value is -2.53. The third-order valence-electron chi connectivity index (χ3n) is 5.78. The minimum absolute atomic E-state index is 0.138. The van der Waals surface area contributed by atoms with Crippen LogP contribution in [0, 0.1) is 0 Å². The maximum absolute atomic E-state index is 13.2. The Morgan fingerprint density at radius 1 is 1.11 bits per heavy atom. The van der Waals surface area contributed by atoms with E-state index in [-0.39, 0.29) is 17.2 Å². The molecule has 2 fully saturated rings. The summed E-state index contributed by atoms with van der Waals surface area (Å²) >= 11 is 0. The maximum Gasteiger partial charge on any atom is 0.241 e. The first kappa shape index (κ1) is 17.9. The molecule has 1 saturated carbocycles. The fourth-order valence-corrected chi connectivity index (χ4v) is 4.66. The lowest BCUT2D eigenvalue weighted by molar-refractivity contribution is -0.124. The number of carbonyl (C=O) groups is 1. The van der Waals surface area contributed by atoms with Crippen molar-refractivity contribution in [3.05, 3.63) is 54.1 Å². The van der Waals surface area contributed by atoms with Gasteiger partial charge in [0.25, 0.3) is 0 Å². The van der Waals surface area contributed by atoms with E-state index in [1.54, 1.807) is 19.2 Å². The molecule has 4 rings (SSSR count). The van der Waals surface area contributed by atoms with Gasteiger partial charge in [-0.25, -0.2) is 0 Å². The Bertz CT molecular complexity index is 813. The highest BCUT2D eigenvalue weighted by atomic mass is 16.5. The van der Waals surface area contributed by atoms with E-state index >= 15 is 0 Å². The highest BCUT2D eigenvalue weighted by molar-refractivity contribution is 5.97. The lowest BCUT2D eigenvalue weighted by Crippen LogP contribution is -2.63. The Morgan fingerprint density at radius 2 is 1.85 bits per heavy atom. The Kier molecular flexibility index (Phi) is 4.79. The number of phenolic OH excluding ortho intramolecular Hbond substituents is 1. The van der Waals surface area contributed by atoms with Gasteiger partial charge in [0.15, 0.2) is 0 Å². The number of amides is 1. The van der Waals surface area contributed by atoms with Crippen molar-refractivity contribution in [3.63, 3.8) is 0 Å². The fourth-order valence-electron chi connectivity index (χ4n) is 4.66. The van der Waals surface area contributed by atoms with Crippen LogP contribution in [0.4, 0.5) is 5.69 Å². The number of ether oxygens (including phenoxy) is 1. The second kappa shape index (κ2) is 7.24. The van der Waals surface area contributed by atoms with Crippen LogP contribution in [0.15, 0.2) is 48.5 Å². The summed E-state index contributed by atoms with van der Waals surface area (Å²) in [4.78, 5) is 17.4. The van der Waals surface area contributed by atoms with E-state index in [2.05, 4.69) is 4.90 Å². The Morgan fingerprint density at radius 3 is 2.52 bits per heavy atom. The minimum Gasteiger partial charge on any atom is -0.508 e. The van der Waals surface area contributed by atoms with E-state index in [4.69, 9.17) is 4.74 Å². The molecule has 1 heterocycles. The van der Waals surface area contributed by atoms with Crippen LogP contribution in [0.2, 0.25) is 0 Å². The number of nitrogens with zero attached hydrogens (tertiary/aromatic N) is 2. The van der Waals surface area contributed by atoms with Crippen LogP contribution in [-0.2, 0) is 11.3 Å². The van der Waals surface area contributed by atoms with Crippen molar-refractivity contribution in [1.29, 1.82) is 0 Å². The van der Waals surface area contributed by atoms with Crippen molar-refractivity contribution in [2.75, 3.05) is 25.1 Å². The standard InChI is InChI=1S/C22H26N2O3/c1-27-20-9-7-18(8-10-20)24-21(26)15-23(16-22(24)11-2-3-12-22)14-17-5-4-6-19(25)13-17/h4-10,13,25H,2-3,11-12,14-16H2,1H3. The zero-order valence-electron chi connectivity index (χ0n) is 15.7. The molecule has 142 valence electrons. The maximum atomic E-state index is 13.2. The van der Waals surface area contributed by atoms with Gasteiger partial charge in [-0.3, -0.25) is 9.69 Å². The number of aromatic hydroxyl groups is 1. The van der Waals surface area contributed by atoms with E-state index in [1.165, 1.54) is 0 Å². The molecular formula is C22H26N2O3. The van der Waals surface area contributed by atoms with Gasteiger partial charge in [-0.1, -0.05) is 25.0 Å². The Labute approximate surface area is 160 Å². The number of anilines is 1. The predicted molar refractivity (Wildman–Crippen MR) is 105 cm³/mol. The molecule has 0 aromatic heterocycles. The van der Waals surface area contributed by atoms with E-state index < -0.39 is 0 Å². The molecule has 0 bridgehead atoms. The first-order valence-corrected chi connectivity index (χ1v) is 9.57. The van der Waals surface area contributed by atoms with Gasteiger partial charge < -0.3 is 14.7 Å². The molecule has 2 aromatic carbocycles. The predicted octanol–water partition coefficient (Wildman–Crippen LogP) is 3.56. The first-order chi connectivity index (χ1) is 13.1. The van der Waals surface area contributed by atoms with Crippen molar-refractivity contribution >= 4 is 11.6 Å². The van der Waals surface area contributed by atoms with Gasteiger partial charge in [-0.2, -0.15) is 0 Å². The number of hydrogen-bond donors (Lipinski definition) is 1. The normalized spacial score (nSPS) is 19.6. The van der Waals surface area contributed by atoms with Gasteiger partial charge in [-0.05, 0) is 54.8 Å². The van der Waals surface area contributed by atoms with Crippen molar-refractivity contribution in [2.24, 2.45) is 0 Å². The second-order valence-corrected chi connectivity index (χ2v) is 7.67. The van der Waals surface area contributed by atoms with Crippen molar-refractivity contribution in [3.8, 4) is 11.5 Å². The van der Waals surface area contributed by atoms with Gasteiger partial charge in [0.05, 0.1) is 19.2 Å². The van der Waals surface area contributed by atoms with Gasteiger partial charge in [0.1, 0.15) is 11.5 Å². The average molecular weight is 366 g/mol. The number of benzene rings is 2. The molecule has 1 aliphatic heterocycles. The zero-order chi connectivity index (χ0) is 18.9. The minimum atomic E-state index is -0.138. The molecule has 0 atom stereocenters. The summed E-state index contributed by atoms with van der Waals surface area (Å²) in [5.41, 5.74) is 1.86. The molecule has 1 spiro atoms. The van der Waals surface area contributed by atoms with Crippen molar-refractivity contribution in [2.45, 2.75) is 37.8 Å². The topological polar surface area (TPSA) is 53.0 Å². The summed E-state index contributed by atoms with van der Waals surface area (Å²) in [7, 11) is 1.65. The van der Waals surface area contributed by atoms with Crippen LogP contribution in [0.1, 0.15) is 31.2 Å². The van der Waals surface area contributed by atoms with E-state index in [9.17, 15) is 9.90 Å². The lowest BCUT2D eigenvalue weighted by Gasteiger charge is -2.49. The third-order valence-corrected chi connectivity index (χ3v) is 5.78. The average Bonchev–Trinajstić information content (AvgIpc) is 3.10. The molecular weight excluding hydrogens is 340 g/mol. The van der Waals surface area contributed by atoms with Crippen LogP contribution >= 0.6 is 0 Å². The van der Waals surface area contributed by atoms with Crippen molar-refractivity contribution < 1.29 is 14.6 Å². The highest BCUT2D eigenvalue weighted by Crippen LogP contribution is 2.41. The Balaban J connectivity index is 1.60. The van der Waals surface area contributed by atoms with Crippen LogP contribution < -0.4 is 9.64 Å². The number of phenols is 1. The van der Waals surface area contributed by atoms with Crippen molar-refractivity contribution in [1.82, 2.24) is 4.90 Å². The largest absolute Gasteiger partial charge is 0.508 e. The second-order valence-electron chi connectivity index (χ2n) is 7.67. The summed E-state index contributed by atoms with van der Waals surface area (Å²) in [6.07, 6.45) is 4.36. The smallest absolute Gasteiger partial charge is 0.241 e. The molecule has 1 N–H and O–H groups in total. The van der Waals surface area contributed by atoms with Gasteiger partial charge >= 0.3 is 0 Å². The van der Waals surface area contributed by atoms with E-state index in [0.717, 1.165) is 49.2 Å². The van der Waals surface area contributed by atoms with E-state index in [1.807, 2.05) is 41.3 Å². The number of piperazine rings is 1. The number of carbonyl (C=O) groups excluding carboxylic acids is 1.